The van der Waals surface area contributed by atoms with Crippen molar-refractivity contribution in [1.82, 2.24) is 9.78 Å². The molecule has 2 rings (SSSR count). The Bertz CT molecular complexity index is 908. The van der Waals surface area contributed by atoms with Gasteiger partial charge in [-0.15, -0.1) is 0 Å². The molecule has 0 amide bonds. The number of benzene rings is 1. The number of alkyl halides is 3. The van der Waals surface area contributed by atoms with Crippen molar-refractivity contribution >= 4 is 17.4 Å². The molecule has 1 aromatic heterocycles. The molecule has 0 atom stereocenters. The molecule has 31 heavy (non-hydrogen) atoms. The van der Waals surface area contributed by atoms with Crippen LogP contribution in [0.2, 0.25) is 0 Å². The number of aromatic nitrogens is 2. The van der Waals surface area contributed by atoms with E-state index in [1.54, 1.807) is 7.05 Å². The van der Waals surface area contributed by atoms with Gasteiger partial charge < -0.3 is 20.4 Å². The summed E-state index contributed by atoms with van der Waals surface area (Å²) in [6, 6.07) is 4.75. The predicted octanol–water partition coefficient (Wildman–Crippen LogP) is 2.72. The van der Waals surface area contributed by atoms with E-state index in [4.69, 9.17) is 15.9 Å². The molecule has 2 aromatic rings. The first-order valence-corrected chi connectivity index (χ1v) is 8.98. The van der Waals surface area contributed by atoms with E-state index in [-0.39, 0.29) is 18.0 Å². The first kappa shape index (κ1) is 27.9. The third-order valence-corrected chi connectivity index (χ3v) is 3.97. The van der Waals surface area contributed by atoms with Crippen LogP contribution in [0, 0.1) is 10.8 Å². The molecule has 0 aliphatic heterocycles. The number of esters is 1. The predicted molar refractivity (Wildman–Crippen MR) is 109 cm³/mol. The van der Waals surface area contributed by atoms with E-state index in [9.17, 15) is 23.1 Å². The summed E-state index contributed by atoms with van der Waals surface area (Å²) < 4.78 is 42.4. The maximum absolute atomic E-state index is 12.2. The van der Waals surface area contributed by atoms with Crippen LogP contribution in [-0.2, 0) is 35.8 Å². The van der Waals surface area contributed by atoms with Crippen LogP contribution in [0.3, 0.4) is 0 Å². The Hall–Kier alpha value is -3.05. The number of carbonyl (C=O) groups is 1. The van der Waals surface area contributed by atoms with Crippen molar-refractivity contribution in [3.05, 3.63) is 52.3 Å². The van der Waals surface area contributed by atoms with Crippen molar-refractivity contribution < 1.29 is 32.9 Å². The lowest BCUT2D eigenvalue weighted by Crippen LogP contribution is -2.20. The van der Waals surface area contributed by atoms with Crippen LogP contribution in [0.1, 0.15) is 41.9 Å². The van der Waals surface area contributed by atoms with Crippen molar-refractivity contribution in [2.24, 2.45) is 7.05 Å². The normalized spacial score (nSPS) is 10.3. The van der Waals surface area contributed by atoms with Gasteiger partial charge in [0, 0.05) is 25.4 Å². The van der Waals surface area contributed by atoms with Crippen LogP contribution in [0.5, 0.6) is 0 Å². The summed E-state index contributed by atoms with van der Waals surface area (Å²) in [5, 5.41) is 35.2. The Labute approximate surface area is 178 Å². The van der Waals surface area contributed by atoms with Gasteiger partial charge in [-0.3, -0.25) is 10.1 Å². The molecule has 0 saturated carbocycles. The van der Waals surface area contributed by atoms with Gasteiger partial charge in [-0.05, 0) is 31.0 Å². The summed E-state index contributed by atoms with van der Waals surface area (Å²) in [6.45, 7) is 3.11. The van der Waals surface area contributed by atoms with E-state index in [1.165, 1.54) is 30.8 Å². The zero-order valence-corrected chi connectivity index (χ0v) is 18.0. The summed E-state index contributed by atoms with van der Waals surface area (Å²) in [7, 11) is 3.84. The Kier molecular flexibility index (Phi) is 11.4. The molecule has 0 radical (unpaired) electrons. The number of nitrogens with one attached hydrogen (secondary N) is 2. The second-order valence-electron chi connectivity index (χ2n) is 5.98. The van der Waals surface area contributed by atoms with Gasteiger partial charge in [0.05, 0.1) is 30.7 Å². The van der Waals surface area contributed by atoms with Crippen LogP contribution in [-0.4, -0.2) is 51.6 Å². The minimum atomic E-state index is -4.33. The van der Waals surface area contributed by atoms with E-state index in [2.05, 4.69) is 9.84 Å². The van der Waals surface area contributed by atoms with Crippen LogP contribution in [0.25, 0.3) is 0 Å². The topological polar surface area (TPSA) is 132 Å². The summed E-state index contributed by atoms with van der Waals surface area (Å²) in [5.74, 6) is -0.736. The number of aliphatic hydroxyl groups is 2. The molecular weight excluding hydrogens is 417 g/mol. The molecule has 0 spiro atoms. The maximum atomic E-state index is 12.2. The van der Waals surface area contributed by atoms with Gasteiger partial charge in [0.2, 0.25) is 0 Å². The molecule has 0 unspecified atom stereocenters. The number of methoxy groups -OCH3 is 1. The monoisotopic (exact) mass is 444 g/mol. The molecule has 0 aliphatic rings. The third kappa shape index (κ3) is 7.61. The second kappa shape index (κ2) is 12.6. The molecule has 4 N–H and O–H groups in total. The lowest BCUT2D eigenvalue weighted by molar-refractivity contribution is -0.137. The van der Waals surface area contributed by atoms with Gasteiger partial charge in [-0.2, -0.15) is 18.3 Å². The average molecular weight is 444 g/mol. The fraction of sp³-hybridized carbons (Fsp3) is 0.400. The highest BCUT2D eigenvalue weighted by atomic mass is 19.4. The number of rotatable bonds is 5. The quantitative estimate of drug-likeness (QED) is 0.416. The van der Waals surface area contributed by atoms with Gasteiger partial charge >= 0.3 is 12.1 Å². The molecule has 0 fully saturated rings. The second-order valence-corrected chi connectivity index (χ2v) is 5.98. The maximum Gasteiger partial charge on any atom is 0.416 e. The Balaban J connectivity index is 0.000000547. The number of ether oxygens (including phenoxy) is 1. The first-order chi connectivity index (χ1) is 14.5. The van der Waals surface area contributed by atoms with Gasteiger partial charge in [0.25, 0.3) is 0 Å². The molecule has 0 saturated heterocycles. The first-order valence-electron chi connectivity index (χ1n) is 8.98. The van der Waals surface area contributed by atoms with Gasteiger partial charge in [-0.25, -0.2) is 4.79 Å². The summed E-state index contributed by atoms with van der Waals surface area (Å²) in [4.78, 5) is 11.3. The number of nitrogens with zero attached hydrogens (tertiary/aromatic N) is 2. The number of halogens is 3. The van der Waals surface area contributed by atoms with E-state index < -0.39 is 17.7 Å². The molecular formula is C20H27F3N4O4. The number of hydrogen-bond donors (Lipinski definition) is 4. The lowest BCUT2D eigenvalue weighted by atomic mass is 10.1. The van der Waals surface area contributed by atoms with Crippen molar-refractivity contribution in [2.75, 3.05) is 14.2 Å². The third-order valence-electron chi connectivity index (χ3n) is 3.97. The van der Waals surface area contributed by atoms with Crippen molar-refractivity contribution in [1.29, 1.82) is 10.8 Å². The van der Waals surface area contributed by atoms with E-state index >= 15 is 0 Å². The van der Waals surface area contributed by atoms with Crippen LogP contribution in [0.4, 0.5) is 13.2 Å². The number of aryl methyl sites for hydroxylation is 2. The van der Waals surface area contributed by atoms with Crippen molar-refractivity contribution in [3.63, 3.8) is 0 Å². The Morgan fingerprint density at radius 1 is 1.26 bits per heavy atom. The molecule has 8 nitrogen and oxygen atoms in total. The molecule has 172 valence electrons. The zero-order valence-electron chi connectivity index (χ0n) is 18.0. The van der Waals surface area contributed by atoms with Crippen molar-refractivity contribution in [3.8, 4) is 0 Å². The number of aliphatic hydroxyl groups excluding tert-OH is 2. The fourth-order valence-electron chi connectivity index (χ4n) is 2.51. The highest BCUT2D eigenvalue weighted by Gasteiger charge is 2.30. The fourth-order valence-corrected chi connectivity index (χ4v) is 2.51. The highest BCUT2D eigenvalue weighted by molar-refractivity contribution is 6.41. The summed E-state index contributed by atoms with van der Waals surface area (Å²) in [5.41, 5.74) is 0.944. The highest BCUT2D eigenvalue weighted by Crippen LogP contribution is 2.29. The van der Waals surface area contributed by atoms with Gasteiger partial charge in [0.1, 0.15) is 0 Å². The molecule has 0 aliphatic carbocycles. The summed E-state index contributed by atoms with van der Waals surface area (Å²) in [6.07, 6.45) is -3.69. The average Bonchev–Trinajstić information content (AvgIpc) is 3.09. The van der Waals surface area contributed by atoms with Crippen molar-refractivity contribution in [2.45, 2.75) is 33.1 Å². The van der Waals surface area contributed by atoms with E-state index in [0.717, 1.165) is 19.2 Å². The van der Waals surface area contributed by atoms with E-state index in [1.807, 2.05) is 6.92 Å². The largest absolute Gasteiger partial charge is 0.464 e. The van der Waals surface area contributed by atoms with Crippen LogP contribution in [0.15, 0.2) is 24.3 Å². The standard InChI is InChI=1S/C10H15N3O3.C9H8F3N.CH4O/c1-4-7-6(5-14)9(13(2)12-7)8(11)10(15)16-3;1-6(13)7-3-2-4-8(5-7)9(10,11)12;1-2/h11,14H,4-5H2,1-3H3;2-5,13H,1H3;2H,1H3. The Morgan fingerprint density at radius 3 is 2.26 bits per heavy atom. The van der Waals surface area contributed by atoms with E-state index in [0.29, 0.717) is 28.9 Å². The minimum Gasteiger partial charge on any atom is -0.464 e. The molecule has 11 heteroatoms. The van der Waals surface area contributed by atoms with Gasteiger partial charge in [-0.1, -0.05) is 19.1 Å². The minimum absolute atomic E-state index is 0.131. The molecule has 0 bridgehead atoms. The van der Waals surface area contributed by atoms with Crippen LogP contribution >= 0.6 is 0 Å². The number of hydrogen-bond acceptors (Lipinski definition) is 7. The zero-order chi connectivity index (χ0) is 24.4. The molecule has 1 heterocycles. The molecule has 1 aromatic carbocycles. The SMILES string of the molecule is CC(=N)c1cccc(C(F)(F)F)c1.CCc1nn(C)c(C(=N)C(=O)OC)c1CO.CO. The smallest absolute Gasteiger partial charge is 0.416 e. The number of carbonyl (C=O) groups excluding carboxylic acids is 1. The van der Waals surface area contributed by atoms with Crippen LogP contribution < -0.4 is 0 Å². The van der Waals surface area contributed by atoms with Gasteiger partial charge in [0.15, 0.2) is 5.71 Å². The summed E-state index contributed by atoms with van der Waals surface area (Å²) >= 11 is 0. The Morgan fingerprint density at radius 2 is 1.84 bits per heavy atom. The lowest BCUT2D eigenvalue weighted by Gasteiger charge is -2.07.